The van der Waals surface area contributed by atoms with Crippen molar-refractivity contribution in [1.29, 1.82) is 0 Å². The molecule has 0 bridgehead atoms. The van der Waals surface area contributed by atoms with Crippen LogP contribution >= 0.6 is 0 Å². The molecule has 0 aromatic heterocycles. The summed E-state index contributed by atoms with van der Waals surface area (Å²) in [5, 5.41) is 0. The van der Waals surface area contributed by atoms with Crippen LogP contribution in [0.5, 0.6) is 0 Å². The molecule has 4 rings (SSSR count). The molecule has 1 fully saturated rings. The quantitative estimate of drug-likeness (QED) is 0.768. The summed E-state index contributed by atoms with van der Waals surface area (Å²) < 4.78 is 19.8. The van der Waals surface area contributed by atoms with E-state index in [1.165, 1.54) is 18.2 Å². The summed E-state index contributed by atoms with van der Waals surface area (Å²) in [5.41, 5.74) is 3.40. The minimum atomic E-state index is -0.605. The molecule has 2 heterocycles. The summed E-state index contributed by atoms with van der Waals surface area (Å²) in [6.07, 6.45) is 0. The van der Waals surface area contributed by atoms with Gasteiger partial charge in [-0.3, -0.25) is 9.59 Å². The van der Waals surface area contributed by atoms with Crippen LogP contribution in [0.15, 0.2) is 48.2 Å². The third-order valence-corrected chi connectivity index (χ3v) is 5.28. The zero-order valence-electron chi connectivity index (χ0n) is 15.9. The number of carbonyl (C=O) groups excluding carboxylic acids is 2. The Morgan fingerprint density at radius 2 is 1.64 bits per heavy atom. The van der Waals surface area contributed by atoms with E-state index < -0.39 is 17.6 Å². The van der Waals surface area contributed by atoms with E-state index in [4.69, 9.17) is 4.74 Å². The fraction of sp³-hybridized carbons (Fsp3) is 0.273. The van der Waals surface area contributed by atoms with Gasteiger partial charge in [-0.05, 0) is 42.7 Å². The molecule has 2 aromatic rings. The summed E-state index contributed by atoms with van der Waals surface area (Å²) in [6.45, 7) is 5.92. The smallest absolute Gasteiger partial charge is 0.282 e. The average molecular weight is 380 g/mol. The number of halogens is 1. The van der Waals surface area contributed by atoms with Crippen LogP contribution in [-0.2, 0) is 14.3 Å². The highest BCUT2D eigenvalue weighted by Gasteiger charge is 2.43. The first-order valence-electron chi connectivity index (χ1n) is 9.27. The van der Waals surface area contributed by atoms with Crippen molar-refractivity contribution in [2.45, 2.75) is 13.8 Å². The zero-order valence-corrected chi connectivity index (χ0v) is 15.9. The van der Waals surface area contributed by atoms with Crippen LogP contribution in [0, 0.1) is 19.7 Å². The molecule has 6 heteroatoms. The molecule has 1 saturated heterocycles. The Labute approximate surface area is 163 Å². The number of para-hydroxylation sites is 1. The topological polar surface area (TPSA) is 49.9 Å². The Morgan fingerprint density at radius 3 is 2.32 bits per heavy atom. The third kappa shape index (κ3) is 2.99. The van der Waals surface area contributed by atoms with Crippen LogP contribution in [0.4, 0.5) is 10.1 Å². The van der Waals surface area contributed by atoms with Crippen LogP contribution in [0.1, 0.15) is 16.7 Å². The fourth-order valence-electron chi connectivity index (χ4n) is 3.61. The highest BCUT2D eigenvalue weighted by atomic mass is 19.1. The molecule has 2 aliphatic heterocycles. The van der Waals surface area contributed by atoms with E-state index in [0.29, 0.717) is 43.1 Å². The summed E-state index contributed by atoms with van der Waals surface area (Å²) in [5.74, 6) is -1.60. The van der Waals surface area contributed by atoms with Gasteiger partial charge < -0.3 is 9.64 Å². The number of nitrogens with zero attached hydrogens (tertiary/aromatic N) is 2. The fourth-order valence-corrected chi connectivity index (χ4v) is 3.61. The first-order chi connectivity index (χ1) is 13.5. The molecule has 2 aromatic carbocycles. The highest BCUT2D eigenvalue weighted by Crippen LogP contribution is 2.36. The number of imide groups is 1. The molecule has 2 aliphatic rings. The van der Waals surface area contributed by atoms with Gasteiger partial charge in [0.15, 0.2) is 0 Å². The largest absolute Gasteiger partial charge is 0.378 e. The maximum absolute atomic E-state index is 14.4. The van der Waals surface area contributed by atoms with Crippen molar-refractivity contribution in [3.63, 3.8) is 0 Å². The SMILES string of the molecule is Cc1ccc(C2=C(N3CCOCC3)C(=O)N(c3ccccc3F)C2=O)cc1C. The summed E-state index contributed by atoms with van der Waals surface area (Å²) in [6, 6.07) is 11.5. The summed E-state index contributed by atoms with van der Waals surface area (Å²) >= 11 is 0. The molecule has 0 aliphatic carbocycles. The van der Waals surface area contributed by atoms with Crippen LogP contribution < -0.4 is 4.90 Å². The number of morpholine rings is 1. The van der Waals surface area contributed by atoms with Crippen molar-refractivity contribution in [3.8, 4) is 0 Å². The lowest BCUT2D eigenvalue weighted by atomic mass is 9.99. The number of hydrogen-bond donors (Lipinski definition) is 0. The van der Waals surface area contributed by atoms with Gasteiger partial charge in [0.1, 0.15) is 11.5 Å². The molecule has 0 N–H and O–H groups in total. The second kappa shape index (κ2) is 7.20. The molecular formula is C22H21FN2O3. The maximum atomic E-state index is 14.4. The number of benzene rings is 2. The lowest BCUT2D eigenvalue weighted by Crippen LogP contribution is -2.40. The van der Waals surface area contributed by atoms with Crippen molar-refractivity contribution < 1.29 is 18.7 Å². The van der Waals surface area contributed by atoms with Crippen molar-refractivity contribution in [3.05, 3.63) is 70.7 Å². The van der Waals surface area contributed by atoms with Gasteiger partial charge in [0.25, 0.3) is 11.8 Å². The zero-order chi connectivity index (χ0) is 19.8. The summed E-state index contributed by atoms with van der Waals surface area (Å²) in [4.78, 5) is 29.5. The van der Waals surface area contributed by atoms with E-state index in [1.54, 1.807) is 6.07 Å². The minimum Gasteiger partial charge on any atom is -0.378 e. The Balaban J connectivity index is 1.87. The lowest BCUT2D eigenvalue weighted by molar-refractivity contribution is -0.121. The van der Waals surface area contributed by atoms with Gasteiger partial charge in [-0.1, -0.05) is 30.3 Å². The molecular weight excluding hydrogens is 359 g/mol. The van der Waals surface area contributed by atoms with E-state index in [-0.39, 0.29) is 5.69 Å². The number of aryl methyl sites for hydroxylation is 2. The Bertz CT molecular complexity index is 993. The normalized spacial score (nSPS) is 17.7. The van der Waals surface area contributed by atoms with Crippen molar-refractivity contribution in [2.24, 2.45) is 0 Å². The minimum absolute atomic E-state index is 0.0258. The van der Waals surface area contributed by atoms with Crippen molar-refractivity contribution >= 4 is 23.1 Å². The van der Waals surface area contributed by atoms with E-state index in [2.05, 4.69) is 0 Å². The highest BCUT2D eigenvalue weighted by molar-refractivity contribution is 6.45. The monoisotopic (exact) mass is 380 g/mol. The molecule has 0 saturated carbocycles. The van der Waals surface area contributed by atoms with Crippen LogP contribution in [0.25, 0.3) is 5.57 Å². The molecule has 2 amide bonds. The Hall–Kier alpha value is -2.99. The Kier molecular flexibility index (Phi) is 4.73. The van der Waals surface area contributed by atoms with Gasteiger partial charge >= 0.3 is 0 Å². The first kappa shape index (κ1) is 18.4. The van der Waals surface area contributed by atoms with Crippen LogP contribution in [0.3, 0.4) is 0 Å². The molecule has 144 valence electrons. The van der Waals surface area contributed by atoms with Crippen LogP contribution in [-0.4, -0.2) is 43.0 Å². The average Bonchev–Trinajstić information content (AvgIpc) is 2.95. The molecule has 28 heavy (non-hydrogen) atoms. The number of hydrogen-bond acceptors (Lipinski definition) is 4. The predicted octanol–water partition coefficient (Wildman–Crippen LogP) is 3.06. The van der Waals surface area contributed by atoms with E-state index in [0.717, 1.165) is 16.0 Å². The third-order valence-electron chi connectivity index (χ3n) is 5.28. The number of rotatable bonds is 3. The molecule has 0 atom stereocenters. The molecule has 5 nitrogen and oxygen atoms in total. The van der Waals surface area contributed by atoms with Gasteiger partial charge in [0, 0.05) is 13.1 Å². The van der Waals surface area contributed by atoms with Gasteiger partial charge in [-0.25, -0.2) is 9.29 Å². The van der Waals surface area contributed by atoms with Gasteiger partial charge in [0.05, 0.1) is 24.5 Å². The van der Waals surface area contributed by atoms with Gasteiger partial charge in [-0.15, -0.1) is 0 Å². The predicted molar refractivity (Wildman–Crippen MR) is 104 cm³/mol. The lowest BCUT2D eigenvalue weighted by Gasteiger charge is -2.29. The number of anilines is 1. The van der Waals surface area contributed by atoms with Crippen LogP contribution in [0.2, 0.25) is 0 Å². The summed E-state index contributed by atoms with van der Waals surface area (Å²) in [7, 11) is 0. The first-order valence-corrected chi connectivity index (χ1v) is 9.27. The van der Waals surface area contributed by atoms with Crippen molar-refractivity contribution in [1.82, 2.24) is 4.90 Å². The van der Waals surface area contributed by atoms with Gasteiger partial charge in [0.2, 0.25) is 0 Å². The molecule has 0 unspecified atom stereocenters. The van der Waals surface area contributed by atoms with E-state index in [1.807, 2.05) is 36.9 Å². The molecule has 0 radical (unpaired) electrons. The van der Waals surface area contributed by atoms with E-state index >= 15 is 0 Å². The number of amides is 2. The molecule has 0 spiro atoms. The Morgan fingerprint density at radius 1 is 0.929 bits per heavy atom. The number of ether oxygens (including phenoxy) is 1. The van der Waals surface area contributed by atoms with Gasteiger partial charge in [-0.2, -0.15) is 0 Å². The van der Waals surface area contributed by atoms with Crippen molar-refractivity contribution in [2.75, 3.05) is 31.2 Å². The maximum Gasteiger partial charge on any atom is 0.282 e. The second-order valence-corrected chi connectivity index (χ2v) is 7.02. The van der Waals surface area contributed by atoms with E-state index in [9.17, 15) is 14.0 Å². The standard InChI is InChI=1S/C22H21FN2O3/c1-14-7-8-16(13-15(14)2)19-20(24-9-11-28-12-10-24)22(27)25(21(19)26)18-6-4-3-5-17(18)23/h3-8,13H,9-12H2,1-2H3. The second-order valence-electron chi connectivity index (χ2n) is 7.02. The number of carbonyl (C=O) groups is 2.